The van der Waals surface area contributed by atoms with Crippen LogP contribution in [0.4, 0.5) is 4.39 Å². The smallest absolute Gasteiger partial charge is 0.269 e. The van der Waals surface area contributed by atoms with E-state index in [0.717, 1.165) is 5.56 Å². The molecule has 0 radical (unpaired) electrons. The normalized spacial score (nSPS) is 14.5. The van der Waals surface area contributed by atoms with E-state index in [1.807, 2.05) is 37.3 Å². The fourth-order valence-electron chi connectivity index (χ4n) is 4.50. The van der Waals surface area contributed by atoms with Gasteiger partial charge >= 0.3 is 0 Å². The van der Waals surface area contributed by atoms with E-state index in [2.05, 4.69) is 5.32 Å². The monoisotopic (exact) mass is 551 g/mol. The molecule has 4 rings (SSSR count). The molecule has 0 saturated heterocycles. The van der Waals surface area contributed by atoms with Crippen LogP contribution >= 0.6 is 0 Å². The zero-order chi connectivity index (χ0) is 28.0. The van der Waals surface area contributed by atoms with Gasteiger partial charge in [0.1, 0.15) is 16.8 Å². The Hall–Kier alpha value is -4.05. The third-order valence-electron chi connectivity index (χ3n) is 6.53. The highest BCUT2D eigenvalue weighted by Crippen LogP contribution is 2.30. The highest BCUT2D eigenvalue weighted by atomic mass is 32.2. The molecule has 39 heavy (non-hydrogen) atoms. The van der Waals surface area contributed by atoms with Gasteiger partial charge in [0.05, 0.1) is 5.56 Å². The van der Waals surface area contributed by atoms with Crippen LogP contribution in [0.1, 0.15) is 41.3 Å². The van der Waals surface area contributed by atoms with Crippen molar-refractivity contribution in [3.63, 3.8) is 0 Å². The topological polar surface area (TPSA) is 104 Å². The second-order valence-corrected chi connectivity index (χ2v) is 11.1. The van der Waals surface area contributed by atoms with Crippen molar-refractivity contribution in [1.82, 2.24) is 14.5 Å². The molecule has 0 aliphatic carbocycles. The summed E-state index contributed by atoms with van der Waals surface area (Å²) in [5.41, 5.74) is 1.50. The van der Waals surface area contributed by atoms with E-state index in [0.29, 0.717) is 22.8 Å². The molecule has 8 nitrogen and oxygen atoms in total. The van der Waals surface area contributed by atoms with Gasteiger partial charge < -0.3 is 10.2 Å². The molecule has 1 aliphatic rings. The predicted octanol–water partition coefficient (Wildman–Crippen LogP) is 3.53. The minimum atomic E-state index is -4.09. The molecule has 3 aromatic rings. The highest BCUT2D eigenvalue weighted by molar-refractivity contribution is 7.90. The SMILES string of the molecule is CCCNC(=O)[C@@H](Cc1ccccc1)N(Cc1ccc(F)cc1)C(=O)CCN1C(=O)c2ccccc2S1(=O)=O. The fraction of sp³-hybridized carbons (Fsp3) is 0.276. The summed E-state index contributed by atoms with van der Waals surface area (Å²) < 4.78 is 40.2. The van der Waals surface area contributed by atoms with Crippen LogP contribution in [-0.4, -0.2) is 54.5 Å². The summed E-state index contributed by atoms with van der Waals surface area (Å²) in [4.78, 5) is 41.2. The number of carbonyl (C=O) groups is 3. The van der Waals surface area contributed by atoms with E-state index in [9.17, 15) is 27.2 Å². The van der Waals surface area contributed by atoms with Crippen LogP contribution in [0, 0.1) is 5.82 Å². The van der Waals surface area contributed by atoms with Gasteiger partial charge in [-0.1, -0.05) is 61.5 Å². The first-order valence-corrected chi connectivity index (χ1v) is 14.2. The molecule has 3 amide bonds. The molecule has 0 spiro atoms. The molecule has 0 saturated carbocycles. The van der Waals surface area contributed by atoms with Crippen molar-refractivity contribution < 1.29 is 27.2 Å². The van der Waals surface area contributed by atoms with E-state index in [1.165, 1.54) is 47.4 Å². The van der Waals surface area contributed by atoms with E-state index in [1.54, 1.807) is 6.07 Å². The Balaban J connectivity index is 1.62. The van der Waals surface area contributed by atoms with Gasteiger partial charge in [0, 0.05) is 32.5 Å². The molecule has 1 heterocycles. The number of rotatable bonds is 11. The van der Waals surface area contributed by atoms with Gasteiger partial charge in [0.2, 0.25) is 11.8 Å². The van der Waals surface area contributed by atoms with Crippen molar-refractivity contribution in [2.45, 2.75) is 43.7 Å². The zero-order valence-corrected chi connectivity index (χ0v) is 22.4. The minimum Gasteiger partial charge on any atom is -0.354 e. The van der Waals surface area contributed by atoms with E-state index in [-0.39, 0.29) is 42.3 Å². The maximum Gasteiger partial charge on any atom is 0.269 e. The lowest BCUT2D eigenvalue weighted by molar-refractivity contribution is -0.141. The van der Waals surface area contributed by atoms with Crippen molar-refractivity contribution in [1.29, 1.82) is 0 Å². The highest BCUT2D eigenvalue weighted by Gasteiger charge is 2.41. The maximum absolute atomic E-state index is 13.7. The summed E-state index contributed by atoms with van der Waals surface area (Å²) in [7, 11) is -4.09. The molecule has 3 aromatic carbocycles. The van der Waals surface area contributed by atoms with Crippen molar-refractivity contribution in [3.8, 4) is 0 Å². The van der Waals surface area contributed by atoms with Gasteiger partial charge in [-0.3, -0.25) is 14.4 Å². The van der Waals surface area contributed by atoms with E-state index < -0.39 is 33.7 Å². The number of fused-ring (bicyclic) bond motifs is 1. The average molecular weight is 552 g/mol. The molecule has 1 N–H and O–H groups in total. The zero-order valence-electron chi connectivity index (χ0n) is 21.5. The van der Waals surface area contributed by atoms with Crippen LogP contribution < -0.4 is 5.32 Å². The first-order valence-electron chi connectivity index (χ1n) is 12.7. The van der Waals surface area contributed by atoms with Gasteiger partial charge in [-0.15, -0.1) is 0 Å². The van der Waals surface area contributed by atoms with Crippen LogP contribution in [0.5, 0.6) is 0 Å². The van der Waals surface area contributed by atoms with E-state index >= 15 is 0 Å². The van der Waals surface area contributed by atoms with Crippen molar-refractivity contribution >= 4 is 27.7 Å². The fourth-order valence-corrected chi connectivity index (χ4v) is 6.07. The molecule has 0 fully saturated rings. The lowest BCUT2D eigenvalue weighted by Gasteiger charge is -2.32. The van der Waals surface area contributed by atoms with Gasteiger partial charge in [-0.05, 0) is 41.8 Å². The second kappa shape index (κ2) is 12.2. The molecular weight excluding hydrogens is 521 g/mol. The number of nitrogens with one attached hydrogen (secondary N) is 1. The Morgan fingerprint density at radius 1 is 0.949 bits per heavy atom. The first kappa shape index (κ1) is 28.0. The number of carbonyl (C=O) groups excluding carboxylic acids is 3. The molecule has 0 aromatic heterocycles. The molecule has 1 atom stereocenters. The maximum atomic E-state index is 13.7. The van der Waals surface area contributed by atoms with Gasteiger partial charge in [0.15, 0.2) is 0 Å². The first-order chi connectivity index (χ1) is 18.7. The Kier molecular flexibility index (Phi) is 8.75. The number of benzene rings is 3. The third kappa shape index (κ3) is 6.34. The Labute approximate surface area is 227 Å². The minimum absolute atomic E-state index is 0.00290. The number of nitrogens with zero attached hydrogens (tertiary/aromatic N) is 2. The summed E-state index contributed by atoms with van der Waals surface area (Å²) in [6, 6.07) is 19.8. The number of sulfonamides is 1. The summed E-state index contributed by atoms with van der Waals surface area (Å²) in [6.45, 7) is 1.96. The number of hydrogen-bond acceptors (Lipinski definition) is 5. The van der Waals surface area contributed by atoms with Crippen LogP contribution in [0.3, 0.4) is 0 Å². The summed E-state index contributed by atoms with van der Waals surface area (Å²) >= 11 is 0. The van der Waals surface area contributed by atoms with Crippen LogP contribution in [-0.2, 0) is 32.6 Å². The Morgan fingerprint density at radius 3 is 2.28 bits per heavy atom. The molecule has 204 valence electrons. The van der Waals surface area contributed by atoms with Crippen molar-refractivity contribution in [3.05, 3.63) is 101 Å². The van der Waals surface area contributed by atoms with Gasteiger partial charge in [-0.2, -0.15) is 0 Å². The van der Waals surface area contributed by atoms with Crippen LogP contribution in [0.25, 0.3) is 0 Å². The second-order valence-electron chi connectivity index (χ2n) is 9.27. The third-order valence-corrected chi connectivity index (χ3v) is 8.37. The number of hydrogen-bond donors (Lipinski definition) is 1. The van der Waals surface area contributed by atoms with Crippen LogP contribution in [0.2, 0.25) is 0 Å². The Morgan fingerprint density at radius 2 is 1.62 bits per heavy atom. The molecule has 10 heteroatoms. The molecule has 0 bridgehead atoms. The number of amides is 3. The lowest BCUT2D eigenvalue weighted by Crippen LogP contribution is -2.51. The van der Waals surface area contributed by atoms with Gasteiger partial charge in [0.25, 0.3) is 15.9 Å². The molecular formula is C29H30FN3O5S. The lowest BCUT2D eigenvalue weighted by atomic mass is 10.0. The summed E-state index contributed by atoms with van der Waals surface area (Å²) in [5.74, 6) is -1.99. The summed E-state index contributed by atoms with van der Waals surface area (Å²) in [5, 5.41) is 2.86. The Bertz CT molecular complexity index is 1450. The summed E-state index contributed by atoms with van der Waals surface area (Å²) in [6.07, 6.45) is 0.591. The van der Waals surface area contributed by atoms with E-state index in [4.69, 9.17) is 0 Å². The van der Waals surface area contributed by atoms with Crippen molar-refractivity contribution in [2.75, 3.05) is 13.1 Å². The predicted molar refractivity (Wildman–Crippen MR) is 143 cm³/mol. The standard InChI is InChI=1S/C29H30FN3O5S/c1-2-17-31-28(35)25(19-21-8-4-3-5-9-21)32(20-22-12-14-23(30)15-13-22)27(34)16-18-33-29(36)24-10-6-7-11-26(24)39(33,37)38/h3-15,25H,2,16-20H2,1H3,(H,31,35)/t25-/m1/s1. The average Bonchev–Trinajstić information content (AvgIpc) is 3.14. The quantitative estimate of drug-likeness (QED) is 0.393. The van der Waals surface area contributed by atoms with Crippen molar-refractivity contribution in [2.24, 2.45) is 0 Å². The van der Waals surface area contributed by atoms with Gasteiger partial charge in [-0.25, -0.2) is 17.1 Å². The molecule has 0 unspecified atom stereocenters. The largest absolute Gasteiger partial charge is 0.354 e. The molecule has 1 aliphatic heterocycles. The number of halogens is 1. The van der Waals surface area contributed by atoms with Crippen LogP contribution in [0.15, 0.2) is 83.8 Å².